The largest absolute Gasteiger partial charge is 0.483 e. The summed E-state index contributed by atoms with van der Waals surface area (Å²) in [5, 5.41) is 190. The van der Waals surface area contributed by atoms with E-state index in [1.54, 1.807) is 0 Å². The number of hydrogen-bond donors (Lipinski definition) is 21. The summed E-state index contributed by atoms with van der Waals surface area (Å²) < 4.78 is 105. The summed E-state index contributed by atoms with van der Waals surface area (Å²) in [5.74, 6) is -1.96. The molecule has 41 heteroatoms. The van der Waals surface area contributed by atoms with E-state index in [0.29, 0.717) is 12.8 Å². The predicted octanol–water partition coefficient (Wildman–Crippen LogP) is -4.60. The molecule has 21 N–H and O–H groups in total. The van der Waals surface area contributed by atoms with Crippen molar-refractivity contribution in [1.82, 2.24) is 10.6 Å². The van der Waals surface area contributed by atoms with Gasteiger partial charge in [0.25, 0.3) is 0 Å². The molecule has 39 nitrogen and oxygen atoms in total. The Morgan fingerprint density at radius 2 is 0.802 bits per heavy atom. The van der Waals surface area contributed by atoms with Gasteiger partial charge in [0.1, 0.15) is 146 Å². The Labute approximate surface area is 613 Å². The molecular formula is C65H112N2O37P2. The molecule has 6 heterocycles. The lowest BCUT2D eigenvalue weighted by molar-refractivity contribution is -0.398. The summed E-state index contributed by atoms with van der Waals surface area (Å²) in [4.78, 5) is 47.1. The average Bonchev–Trinajstić information content (AvgIpc) is 0.768. The quantitative estimate of drug-likeness (QED) is 0.0204. The molecule has 0 spiro atoms. The standard InChI is InChI=1S/C65H112N2O37P2/c1-29(2)13-9-14-30(3)15-10-16-31(4)17-11-18-32(5)19-12-20-33(6)21-22-92-105(87,88)104-106(89,90)103-61-43(67-35(8)74)49(80)56(40(27-72)97-61)99-60-42(66-34(7)73)48(79)57(39(26-71)96-60)100-64-55(86)58(47(78)41(98-64)28-91-62-53(84)50(81)44(75)36(23-68)93-62)101-65-59(52(83)46(77)38(25-70)95-65)102-63-54(85)51(82)45(76)37(24-69)94-63/h13,15,17,19,33,36-65,68-72,75-86H,9-12,14,16,18,20-28H2,1-8H3,(H,66,73)(H,67,74)(H,87,88)(H,89,90)/b30-15+,31-17+,32-19-/t33-,36+,37+,38+,39+,40+,41+,42+,43+,44+,45+,46+,47+,48+,49+,50-,51-,52-,53-,54-,55-,56+,57+,58-,59-,60-,61+,62-,63+,64-,65+/m0/s1. The van der Waals surface area contributed by atoms with Crippen molar-refractivity contribution in [3.8, 4) is 0 Å². The summed E-state index contributed by atoms with van der Waals surface area (Å²) in [7, 11) is -11.3. The molecule has 0 saturated carbocycles. The summed E-state index contributed by atoms with van der Waals surface area (Å²) >= 11 is 0. The molecule has 2 amide bonds. The highest BCUT2D eigenvalue weighted by Crippen LogP contribution is 2.61. The van der Waals surface area contributed by atoms with Gasteiger partial charge in [0, 0.05) is 13.8 Å². The highest BCUT2D eigenvalue weighted by molar-refractivity contribution is 7.61. The topological polar surface area (TPSA) is 606 Å². The van der Waals surface area contributed by atoms with E-state index in [0.717, 1.165) is 52.4 Å². The van der Waals surface area contributed by atoms with Crippen LogP contribution < -0.4 is 10.6 Å². The fraction of sp³-hybridized carbons (Fsp3) is 0.846. The van der Waals surface area contributed by atoms with Gasteiger partial charge in [0.05, 0.1) is 46.2 Å². The van der Waals surface area contributed by atoms with Gasteiger partial charge >= 0.3 is 15.6 Å². The van der Waals surface area contributed by atoms with Gasteiger partial charge < -0.3 is 159 Å². The molecule has 0 radical (unpaired) electrons. The predicted molar refractivity (Wildman–Crippen MR) is 359 cm³/mol. The van der Waals surface area contributed by atoms with Crippen LogP contribution in [0, 0.1) is 5.92 Å². The third-order valence-corrected chi connectivity index (χ3v) is 21.4. The molecule has 0 aromatic carbocycles. The van der Waals surface area contributed by atoms with Crippen LogP contribution in [-0.2, 0) is 84.2 Å². The normalized spacial score (nSPS) is 40.0. The summed E-state index contributed by atoms with van der Waals surface area (Å²) in [5.41, 5.74) is 5.21. The van der Waals surface area contributed by atoms with E-state index in [-0.39, 0.29) is 12.3 Å². The Balaban J connectivity index is 1.14. The van der Waals surface area contributed by atoms with Gasteiger partial charge in [0.15, 0.2) is 37.7 Å². The Morgan fingerprint density at radius 1 is 0.406 bits per heavy atom. The fourth-order valence-corrected chi connectivity index (χ4v) is 14.9. The first-order valence-corrected chi connectivity index (χ1v) is 38.1. The summed E-state index contributed by atoms with van der Waals surface area (Å²) in [6, 6.07) is -3.95. The minimum absolute atomic E-state index is 0.0577. The molecule has 614 valence electrons. The lowest BCUT2D eigenvalue weighted by Crippen LogP contribution is -2.70. The molecule has 6 aliphatic heterocycles. The number of hydrogen-bond acceptors (Lipinski definition) is 35. The van der Waals surface area contributed by atoms with Crippen LogP contribution in [-0.4, -0.2) is 339 Å². The molecule has 2 unspecified atom stereocenters. The first-order chi connectivity index (χ1) is 49.9. The highest BCUT2D eigenvalue weighted by Gasteiger charge is 2.59. The molecule has 0 aromatic rings. The second kappa shape index (κ2) is 42.8. The minimum Gasteiger partial charge on any atom is -0.394 e. The molecule has 106 heavy (non-hydrogen) atoms. The number of phosphoric acid groups is 2. The van der Waals surface area contributed by atoms with Crippen LogP contribution in [0.3, 0.4) is 0 Å². The number of carbonyl (C=O) groups is 2. The maximum Gasteiger partial charge on any atom is 0.483 e. The van der Waals surface area contributed by atoms with Gasteiger partial charge in [-0.25, -0.2) is 9.13 Å². The maximum atomic E-state index is 13.5. The number of carbonyl (C=O) groups excluding carboxylic acids is 2. The zero-order valence-electron chi connectivity index (χ0n) is 60.3. The van der Waals surface area contributed by atoms with E-state index in [2.05, 4.69) is 66.9 Å². The number of amides is 2. The van der Waals surface area contributed by atoms with Crippen LogP contribution in [0.5, 0.6) is 0 Å². The zero-order chi connectivity index (χ0) is 78.8. The van der Waals surface area contributed by atoms with Crippen molar-refractivity contribution in [3.05, 3.63) is 46.6 Å². The first-order valence-electron chi connectivity index (χ1n) is 35.1. The van der Waals surface area contributed by atoms with Crippen molar-refractivity contribution in [1.29, 1.82) is 0 Å². The van der Waals surface area contributed by atoms with Crippen LogP contribution in [0.15, 0.2) is 46.6 Å². The van der Waals surface area contributed by atoms with Gasteiger partial charge in [-0.1, -0.05) is 53.5 Å². The van der Waals surface area contributed by atoms with Gasteiger partial charge in [0.2, 0.25) is 11.8 Å². The molecule has 0 bridgehead atoms. The Morgan fingerprint density at radius 3 is 1.30 bits per heavy atom. The maximum absolute atomic E-state index is 13.5. The van der Waals surface area contributed by atoms with Crippen LogP contribution in [0.1, 0.15) is 113 Å². The van der Waals surface area contributed by atoms with E-state index >= 15 is 0 Å². The van der Waals surface area contributed by atoms with Gasteiger partial charge in [-0.2, -0.15) is 4.31 Å². The van der Waals surface area contributed by atoms with E-state index in [9.17, 15) is 115 Å². The van der Waals surface area contributed by atoms with Gasteiger partial charge in [-0.15, -0.1) is 0 Å². The molecule has 6 saturated heterocycles. The number of aliphatic hydroxyl groups excluding tert-OH is 17. The van der Waals surface area contributed by atoms with Crippen LogP contribution in [0.2, 0.25) is 0 Å². The van der Waals surface area contributed by atoms with E-state index in [1.807, 2.05) is 13.8 Å². The number of aliphatic hydroxyl groups is 17. The minimum atomic E-state index is -5.83. The Bertz CT molecular complexity index is 2930. The van der Waals surface area contributed by atoms with Crippen molar-refractivity contribution in [2.24, 2.45) is 5.92 Å². The fourth-order valence-electron chi connectivity index (χ4n) is 12.7. The van der Waals surface area contributed by atoms with Crippen molar-refractivity contribution >= 4 is 27.5 Å². The van der Waals surface area contributed by atoms with E-state index < -0.39 is 258 Å². The van der Waals surface area contributed by atoms with Crippen molar-refractivity contribution in [2.75, 3.05) is 46.2 Å². The van der Waals surface area contributed by atoms with E-state index in [1.165, 1.54) is 22.3 Å². The van der Waals surface area contributed by atoms with Crippen molar-refractivity contribution in [2.45, 2.75) is 297 Å². The lowest BCUT2D eigenvalue weighted by Gasteiger charge is -2.50. The number of nitrogens with one attached hydrogen (secondary N) is 2. The first kappa shape index (κ1) is 91.9. The average molecular weight is 1580 g/mol. The number of allylic oxidation sites excluding steroid dienone is 8. The monoisotopic (exact) mass is 1570 g/mol. The number of rotatable bonds is 38. The lowest BCUT2D eigenvalue weighted by atomic mass is 9.94. The summed E-state index contributed by atoms with van der Waals surface area (Å²) in [6.07, 6.45) is -41.4. The summed E-state index contributed by atoms with van der Waals surface area (Å²) in [6.45, 7) is 7.54. The zero-order valence-corrected chi connectivity index (χ0v) is 62.0. The highest BCUT2D eigenvalue weighted by atomic mass is 31.3. The van der Waals surface area contributed by atoms with E-state index in [4.69, 9.17) is 61.2 Å². The molecular weight excluding hydrogens is 1460 g/mol. The number of ether oxygens (including phenoxy) is 11. The smallest absolute Gasteiger partial charge is 0.394 e. The molecule has 6 fully saturated rings. The van der Waals surface area contributed by atoms with Gasteiger partial charge in [-0.3, -0.25) is 18.6 Å². The third-order valence-electron chi connectivity index (χ3n) is 18.8. The molecule has 33 atom stereocenters. The molecule has 6 aliphatic rings. The van der Waals surface area contributed by atoms with Gasteiger partial charge in [-0.05, 0) is 98.3 Å². The number of phosphoric ester groups is 2. The third kappa shape index (κ3) is 25.8. The van der Waals surface area contributed by atoms with Crippen LogP contribution in [0.4, 0.5) is 0 Å². The SMILES string of the molecule is CC(=O)N[C@H]1[C@H](O[C@H]2[C@H](O)[C@@H](NC(C)=O)[C@@H](OP(=O)(O)OP(=O)(O)OCC[C@@H](C)CC/C=C(/C)CC/C=C(\C)CC/C=C(\C)CCC=C(C)C)O[C@@H]2CO)O[C@H](CO)[C@@H](O[C@@H]2O[C@H](CO[C@H]3O[C@H](CO)[C@@H](O)[C@H](O)[C@@H]3O)[C@@H](O)[C@H](O[C@H]3O[C@H](CO)[C@@H](O)[C@H](O)[C@@H]3O[C@H]3O[C@H](CO)[C@@H](O)[C@H](O)[C@@H]3O)[C@@H]2O)[C@@H]1O. The van der Waals surface area contributed by atoms with Crippen LogP contribution >= 0.6 is 15.6 Å². The van der Waals surface area contributed by atoms with Crippen molar-refractivity contribution in [3.63, 3.8) is 0 Å². The second-order valence-corrected chi connectivity index (χ2v) is 30.7. The second-order valence-electron chi connectivity index (χ2n) is 27.7. The van der Waals surface area contributed by atoms with Crippen molar-refractivity contribution < 1.29 is 181 Å². The molecule has 6 rings (SSSR count). The van der Waals surface area contributed by atoms with Crippen LogP contribution in [0.25, 0.3) is 0 Å². The Kier molecular flexibility index (Phi) is 37.1. The molecule has 0 aliphatic carbocycles. The molecule has 0 aromatic heterocycles. The Hall–Kier alpha value is -2.96.